The number of hydrogen-bond acceptors (Lipinski definition) is 3. The van der Waals surface area contributed by atoms with Crippen LogP contribution in [0.25, 0.3) is 6.08 Å². The Morgan fingerprint density at radius 2 is 1.42 bits per heavy atom. The Hall–Kier alpha value is -2.03. The van der Waals surface area contributed by atoms with Gasteiger partial charge in [-0.1, -0.05) is 103 Å². The van der Waals surface area contributed by atoms with Gasteiger partial charge in [-0.2, -0.15) is 0 Å². The number of unbranched alkanes of at least 4 members (excludes halogenated alkanes) is 2. The van der Waals surface area contributed by atoms with Gasteiger partial charge in [-0.3, -0.25) is 0 Å². The van der Waals surface area contributed by atoms with Crippen LogP contribution in [0.3, 0.4) is 0 Å². The molecule has 2 atom stereocenters. The van der Waals surface area contributed by atoms with Gasteiger partial charge in [0, 0.05) is 0 Å². The Labute approximate surface area is 190 Å². The molecule has 174 valence electrons. The van der Waals surface area contributed by atoms with Gasteiger partial charge in [0.1, 0.15) is 11.3 Å². The molecule has 1 rings (SSSR count). The van der Waals surface area contributed by atoms with E-state index >= 15 is 0 Å². The van der Waals surface area contributed by atoms with Gasteiger partial charge >= 0.3 is 5.97 Å². The first-order valence-corrected chi connectivity index (χ1v) is 12.2. The summed E-state index contributed by atoms with van der Waals surface area (Å²) in [6.07, 6.45) is 10.8. The van der Waals surface area contributed by atoms with Crippen molar-refractivity contribution in [3.8, 4) is 0 Å². The first kappa shape index (κ1) is 27.0. The molecule has 0 heterocycles. The molecule has 31 heavy (non-hydrogen) atoms. The lowest BCUT2D eigenvalue weighted by Crippen LogP contribution is -2.18. The van der Waals surface area contributed by atoms with Crippen LogP contribution in [0.15, 0.2) is 42.2 Å². The molecular weight excluding hydrogens is 384 g/mol. The van der Waals surface area contributed by atoms with Crippen molar-refractivity contribution in [3.05, 3.63) is 53.3 Å². The zero-order valence-electron chi connectivity index (χ0n) is 20.5. The molecule has 0 aliphatic carbocycles. The number of benzene rings is 1. The highest BCUT2D eigenvalue weighted by Crippen LogP contribution is 2.22. The van der Waals surface area contributed by atoms with Gasteiger partial charge < -0.3 is 9.47 Å². The van der Waals surface area contributed by atoms with E-state index in [1.807, 2.05) is 37.3 Å². The van der Waals surface area contributed by atoms with Crippen molar-refractivity contribution in [3.63, 3.8) is 0 Å². The average Bonchev–Trinajstić information content (AvgIpc) is 2.78. The number of rotatable bonds is 16. The van der Waals surface area contributed by atoms with Gasteiger partial charge in [0.25, 0.3) is 0 Å². The van der Waals surface area contributed by atoms with Crippen molar-refractivity contribution in [1.82, 2.24) is 0 Å². The summed E-state index contributed by atoms with van der Waals surface area (Å²) in [5, 5.41) is 0. The molecule has 0 bridgehead atoms. The molecule has 0 fully saturated rings. The summed E-state index contributed by atoms with van der Waals surface area (Å²) >= 11 is 0. The number of carbonyl (C=O) groups excluding carboxylic acids is 1. The van der Waals surface area contributed by atoms with Gasteiger partial charge in [-0.15, -0.1) is 0 Å². The number of carbonyl (C=O) groups is 1. The Balaban J connectivity index is 2.90. The van der Waals surface area contributed by atoms with E-state index in [4.69, 9.17) is 9.47 Å². The topological polar surface area (TPSA) is 35.5 Å². The fourth-order valence-corrected chi connectivity index (χ4v) is 3.45. The van der Waals surface area contributed by atoms with E-state index in [0.29, 0.717) is 36.4 Å². The maximum absolute atomic E-state index is 13.0. The maximum atomic E-state index is 13.0. The molecule has 1 aromatic rings. The molecule has 3 nitrogen and oxygen atoms in total. The highest BCUT2D eigenvalue weighted by Gasteiger charge is 2.19. The van der Waals surface area contributed by atoms with E-state index in [1.54, 1.807) is 0 Å². The minimum absolute atomic E-state index is 0.345. The molecule has 0 amide bonds. The summed E-state index contributed by atoms with van der Waals surface area (Å²) in [4.78, 5) is 13.0. The van der Waals surface area contributed by atoms with Crippen molar-refractivity contribution in [2.45, 2.75) is 86.0 Å². The van der Waals surface area contributed by atoms with Crippen LogP contribution < -0.4 is 0 Å². The smallest absolute Gasteiger partial charge is 0.341 e. The van der Waals surface area contributed by atoms with Crippen molar-refractivity contribution >= 4 is 12.0 Å². The fourth-order valence-electron chi connectivity index (χ4n) is 3.45. The van der Waals surface area contributed by atoms with E-state index < -0.39 is 0 Å². The third-order valence-corrected chi connectivity index (χ3v) is 5.94. The monoisotopic (exact) mass is 428 g/mol. The van der Waals surface area contributed by atoms with Gasteiger partial charge in [0.2, 0.25) is 0 Å². The highest BCUT2D eigenvalue weighted by molar-refractivity contribution is 5.97. The predicted octanol–water partition coefficient (Wildman–Crippen LogP) is 7.88. The quantitative estimate of drug-likeness (QED) is 0.116. The first-order chi connectivity index (χ1) is 14.9. The van der Waals surface area contributed by atoms with E-state index in [9.17, 15) is 4.79 Å². The van der Waals surface area contributed by atoms with E-state index in [2.05, 4.69) is 34.3 Å². The lowest BCUT2D eigenvalue weighted by Gasteiger charge is -2.19. The molecule has 0 N–H and O–H groups in total. The van der Waals surface area contributed by atoms with Crippen LogP contribution in [0.4, 0.5) is 0 Å². The van der Waals surface area contributed by atoms with Gasteiger partial charge in [0.15, 0.2) is 0 Å². The molecule has 0 aromatic heterocycles. The second-order valence-corrected chi connectivity index (χ2v) is 8.63. The molecule has 0 aliphatic rings. The third-order valence-electron chi connectivity index (χ3n) is 5.94. The summed E-state index contributed by atoms with van der Waals surface area (Å²) < 4.78 is 11.7. The average molecular weight is 429 g/mol. The van der Waals surface area contributed by atoms with Crippen molar-refractivity contribution in [2.24, 2.45) is 11.8 Å². The Kier molecular flexibility index (Phi) is 13.7. The lowest BCUT2D eigenvalue weighted by molar-refractivity contribution is -0.140. The number of ether oxygens (including phenoxy) is 2. The molecule has 3 heteroatoms. The molecule has 0 spiro atoms. The summed E-state index contributed by atoms with van der Waals surface area (Å²) in [7, 11) is 0. The van der Waals surface area contributed by atoms with Crippen LogP contribution in [0.5, 0.6) is 0 Å². The number of esters is 1. The first-order valence-electron chi connectivity index (χ1n) is 12.2. The minimum Gasteiger partial charge on any atom is -0.493 e. The molecule has 0 radical (unpaired) electrons. The van der Waals surface area contributed by atoms with E-state index in [1.165, 1.54) is 18.4 Å². The van der Waals surface area contributed by atoms with Crippen molar-refractivity contribution < 1.29 is 14.3 Å². The molecular formula is C28H44O3. The number of aryl methyl sites for hydroxylation is 1. The molecule has 0 saturated carbocycles. The van der Waals surface area contributed by atoms with Gasteiger partial charge in [-0.05, 0) is 43.2 Å². The fraction of sp³-hybridized carbons (Fsp3) is 0.607. The highest BCUT2D eigenvalue weighted by atomic mass is 16.5. The zero-order chi connectivity index (χ0) is 23.1. The standard InChI is InChI=1S/C28H44O3/c1-7-11-13-24(9-3)20-30-23(6)27(19-26-17-15-22(5)16-18-26)28(29)31-21-25(10-4)14-12-8-2/h15-19,24-25H,6-14,20-21H2,1-5H3/b27-19-. The largest absolute Gasteiger partial charge is 0.493 e. The van der Waals surface area contributed by atoms with E-state index in [-0.39, 0.29) is 5.97 Å². The van der Waals surface area contributed by atoms with Gasteiger partial charge in [-0.25, -0.2) is 4.79 Å². The van der Waals surface area contributed by atoms with Crippen LogP contribution in [-0.4, -0.2) is 19.2 Å². The molecule has 1 aromatic carbocycles. The Morgan fingerprint density at radius 3 is 1.90 bits per heavy atom. The summed E-state index contributed by atoms with van der Waals surface area (Å²) in [5.74, 6) is 0.938. The van der Waals surface area contributed by atoms with E-state index in [0.717, 1.165) is 44.1 Å². The molecule has 2 unspecified atom stereocenters. The van der Waals surface area contributed by atoms with Crippen molar-refractivity contribution in [1.29, 1.82) is 0 Å². The van der Waals surface area contributed by atoms with Crippen LogP contribution in [0.1, 0.15) is 90.2 Å². The van der Waals surface area contributed by atoms with Crippen LogP contribution in [0, 0.1) is 18.8 Å². The Morgan fingerprint density at radius 1 is 0.903 bits per heavy atom. The van der Waals surface area contributed by atoms with Crippen LogP contribution in [-0.2, 0) is 14.3 Å². The number of hydrogen-bond donors (Lipinski definition) is 0. The Bertz CT molecular complexity index is 638. The summed E-state index contributed by atoms with van der Waals surface area (Å²) in [5.41, 5.74) is 2.54. The third kappa shape index (κ3) is 10.7. The summed E-state index contributed by atoms with van der Waals surface area (Å²) in [6, 6.07) is 8.08. The minimum atomic E-state index is -0.345. The SMILES string of the molecule is C=C(OCC(CC)CCCC)/C(=C/c1ccc(C)cc1)C(=O)OCC(CC)CCCC. The van der Waals surface area contributed by atoms with Crippen LogP contribution in [0.2, 0.25) is 0 Å². The summed E-state index contributed by atoms with van der Waals surface area (Å²) in [6.45, 7) is 15.9. The second-order valence-electron chi connectivity index (χ2n) is 8.63. The maximum Gasteiger partial charge on any atom is 0.341 e. The molecule has 0 saturated heterocycles. The molecule has 0 aliphatic heterocycles. The van der Waals surface area contributed by atoms with Gasteiger partial charge in [0.05, 0.1) is 13.2 Å². The van der Waals surface area contributed by atoms with Crippen molar-refractivity contribution in [2.75, 3.05) is 13.2 Å². The zero-order valence-corrected chi connectivity index (χ0v) is 20.5. The lowest BCUT2D eigenvalue weighted by atomic mass is 10.0. The predicted molar refractivity (Wildman–Crippen MR) is 132 cm³/mol. The van der Waals surface area contributed by atoms with Crippen LogP contribution >= 0.6 is 0 Å². The normalized spacial score (nSPS) is 13.5. The second kappa shape index (κ2) is 15.7.